The highest BCUT2D eigenvalue weighted by atomic mass is 16.2. The predicted octanol–water partition coefficient (Wildman–Crippen LogP) is 2.46. The van der Waals surface area contributed by atoms with Crippen LogP contribution in [0.15, 0.2) is 43.2 Å². The number of aromatic nitrogens is 5. The molecule has 4 rings (SSSR count). The summed E-state index contributed by atoms with van der Waals surface area (Å²) in [5.41, 5.74) is 2.67. The first-order chi connectivity index (χ1) is 12.6. The highest BCUT2D eigenvalue weighted by Crippen LogP contribution is 2.30. The van der Waals surface area contributed by atoms with Crippen LogP contribution >= 0.6 is 0 Å². The highest BCUT2D eigenvalue weighted by molar-refractivity contribution is 5.92. The molecule has 1 aliphatic heterocycles. The summed E-state index contributed by atoms with van der Waals surface area (Å²) >= 11 is 0. The number of piperidine rings is 1. The van der Waals surface area contributed by atoms with Crippen molar-refractivity contribution >= 4 is 5.91 Å². The minimum atomic E-state index is 0.0129. The van der Waals surface area contributed by atoms with Gasteiger partial charge in [-0.1, -0.05) is 0 Å². The van der Waals surface area contributed by atoms with E-state index in [0.29, 0.717) is 11.7 Å². The fourth-order valence-corrected chi connectivity index (χ4v) is 3.63. The molecule has 0 saturated carbocycles. The first kappa shape index (κ1) is 16.5. The number of amides is 1. The van der Waals surface area contributed by atoms with Gasteiger partial charge in [0.2, 0.25) is 0 Å². The van der Waals surface area contributed by atoms with Gasteiger partial charge in [-0.05, 0) is 31.9 Å². The molecular formula is C19H22N6O. The van der Waals surface area contributed by atoms with Gasteiger partial charge in [-0.3, -0.25) is 9.78 Å². The summed E-state index contributed by atoms with van der Waals surface area (Å²) in [6.45, 7) is 3.53. The minimum Gasteiger partial charge on any atom is -0.340 e. The average molecular weight is 350 g/mol. The van der Waals surface area contributed by atoms with Crippen LogP contribution in [-0.4, -0.2) is 48.0 Å². The number of likely N-dealkylation sites (tertiary alicyclic amines) is 1. The average Bonchev–Trinajstić information content (AvgIpc) is 3.28. The molecule has 0 N–H and O–H groups in total. The van der Waals surface area contributed by atoms with Gasteiger partial charge in [0.15, 0.2) is 0 Å². The van der Waals surface area contributed by atoms with E-state index in [2.05, 4.69) is 26.4 Å². The maximum atomic E-state index is 12.6. The quantitative estimate of drug-likeness (QED) is 0.728. The van der Waals surface area contributed by atoms with Gasteiger partial charge < -0.3 is 14.0 Å². The van der Waals surface area contributed by atoms with Crippen molar-refractivity contribution in [2.24, 2.45) is 7.05 Å². The molecular weight excluding hydrogens is 328 g/mol. The van der Waals surface area contributed by atoms with Crippen molar-refractivity contribution < 1.29 is 4.79 Å². The van der Waals surface area contributed by atoms with E-state index in [1.165, 1.54) is 0 Å². The van der Waals surface area contributed by atoms with Gasteiger partial charge in [0, 0.05) is 62.2 Å². The number of pyridine rings is 1. The molecule has 7 heteroatoms. The summed E-state index contributed by atoms with van der Waals surface area (Å²) in [5.74, 6) is 0.962. The van der Waals surface area contributed by atoms with Crippen molar-refractivity contribution in [1.29, 1.82) is 0 Å². The first-order valence-electron chi connectivity index (χ1n) is 8.85. The van der Waals surface area contributed by atoms with Gasteiger partial charge >= 0.3 is 0 Å². The molecule has 1 fully saturated rings. The molecule has 1 aliphatic rings. The monoisotopic (exact) mass is 350 g/mol. The molecule has 4 heterocycles. The molecule has 1 saturated heterocycles. The van der Waals surface area contributed by atoms with Crippen LogP contribution in [0, 0.1) is 6.92 Å². The van der Waals surface area contributed by atoms with Crippen LogP contribution in [0.2, 0.25) is 0 Å². The molecule has 7 nitrogen and oxygen atoms in total. The predicted molar refractivity (Wildman–Crippen MR) is 97.6 cm³/mol. The van der Waals surface area contributed by atoms with Crippen molar-refractivity contribution in [2.45, 2.75) is 25.8 Å². The maximum absolute atomic E-state index is 12.6. The van der Waals surface area contributed by atoms with E-state index in [1.54, 1.807) is 23.3 Å². The van der Waals surface area contributed by atoms with Gasteiger partial charge in [0.1, 0.15) is 11.5 Å². The fourth-order valence-electron chi connectivity index (χ4n) is 3.63. The Bertz CT molecular complexity index is 905. The topological polar surface area (TPSA) is 68.8 Å². The maximum Gasteiger partial charge on any atom is 0.274 e. The molecule has 3 aromatic rings. The first-order valence-corrected chi connectivity index (χ1v) is 8.85. The summed E-state index contributed by atoms with van der Waals surface area (Å²) in [5, 5.41) is 0. The molecule has 0 aliphatic carbocycles. The Hall–Kier alpha value is -2.96. The van der Waals surface area contributed by atoms with E-state index in [-0.39, 0.29) is 5.91 Å². The van der Waals surface area contributed by atoms with Crippen molar-refractivity contribution in [3.63, 3.8) is 0 Å². The second-order valence-corrected chi connectivity index (χ2v) is 6.78. The standard InChI is InChI=1S/C19H22N6O/c1-14-10-21-18(15-4-3-7-20-11-15)25(14)16-5-8-24(9-6-16)19(26)17-12-23(2)13-22-17/h3-4,7,10-13,16H,5-6,8-9H2,1-2H3. The lowest BCUT2D eigenvalue weighted by Gasteiger charge is -2.33. The van der Waals surface area contributed by atoms with Crippen LogP contribution in [0.3, 0.4) is 0 Å². The molecule has 0 spiro atoms. The van der Waals surface area contributed by atoms with Crippen molar-refractivity contribution in [2.75, 3.05) is 13.1 Å². The largest absolute Gasteiger partial charge is 0.340 e. The summed E-state index contributed by atoms with van der Waals surface area (Å²) in [6, 6.07) is 4.29. The molecule has 0 radical (unpaired) electrons. The molecule has 3 aromatic heterocycles. The fraction of sp³-hybridized carbons (Fsp3) is 0.368. The lowest BCUT2D eigenvalue weighted by molar-refractivity contribution is 0.0689. The zero-order chi connectivity index (χ0) is 18.1. The minimum absolute atomic E-state index is 0.0129. The summed E-state index contributed by atoms with van der Waals surface area (Å²) in [6.07, 6.45) is 10.8. The molecule has 0 bridgehead atoms. The third-order valence-electron chi connectivity index (χ3n) is 4.94. The lowest BCUT2D eigenvalue weighted by Crippen LogP contribution is -2.39. The number of imidazole rings is 2. The van der Waals surface area contributed by atoms with Crippen molar-refractivity contribution in [1.82, 2.24) is 29.0 Å². The molecule has 0 aromatic carbocycles. The van der Waals surface area contributed by atoms with E-state index in [9.17, 15) is 4.79 Å². The number of hydrogen-bond donors (Lipinski definition) is 0. The van der Waals surface area contributed by atoms with Crippen molar-refractivity contribution in [3.8, 4) is 11.4 Å². The summed E-state index contributed by atoms with van der Waals surface area (Å²) in [7, 11) is 1.87. The Morgan fingerprint density at radius 1 is 1.19 bits per heavy atom. The van der Waals surface area contributed by atoms with Gasteiger partial charge in [0.25, 0.3) is 5.91 Å². The van der Waals surface area contributed by atoms with Gasteiger partial charge in [-0.25, -0.2) is 9.97 Å². The smallest absolute Gasteiger partial charge is 0.274 e. The Labute approximate surface area is 152 Å². The molecule has 1 amide bonds. The van der Waals surface area contributed by atoms with Gasteiger partial charge in [-0.2, -0.15) is 0 Å². The molecule has 26 heavy (non-hydrogen) atoms. The van der Waals surface area contributed by atoms with E-state index >= 15 is 0 Å². The number of carbonyl (C=O) groups excluding carboxylic acids is 1. The second-order valence-electron chi connectivity index (χ2n) is 6.78. The van der Waals surface area contributed by atoms with E-state index in [1.807, 2.05) is 36.5 Å². The number of nitrogens with zero attached hydrogens (tertiary/aromatic N) is 6. The van der Waals surface area contributed by atoms with Crippen LogP contribution < -0.4 is 0 Å². The number of carbonyl (C=O) groups is 1. The van der Waals surface area contributed by atoms with E-state index < -0.39 is 0 Å². The van der Waals surface area contributed by atoms with Crippen LogP contribution in [0.4, 0.5) is 0 Å². The SMILES string of the molecule is Cc1cnc(-c2cccnc2)n1C1CCN(C(=O)c2cn(C)cn2)CC1. The highest BCUT2D eigenvalue weighted by Gasteiger charge is 2.27. The summed E-state index contributed by atoms with van der Waals surface area (Å²) in [4.78, 5) is 27.5. The zero-order valence-electron chi connectivity index (χ0n) is 15.0. The van der Waals surface area contributed by atoms with Crippen LogP contribution in [0.1, 0.15) is 35.1 Å². The van der Waals surface area contributed by atoms with E-state index in [0.717, 1.165) is 43.0 Å². The van der Waals surface area contributed by atoms with Crippen LogP contribution in [0.25, 0.3) is 11.4 Å². The third-order valence-corrected chi connectivity index (χ3v) is 4.94. The van der Waals surface area contributed by atoms with Crippen molar-refractivity contribution in [3.05, 3.63) is 54.6 Å². The van der Waals surface area contributed by atoms with Crippen LogP contribution in [0.5, 0.6) is 0 Å². The van der Waals surface area contributed by atoms with E-state index in [4.69, 9.17) is 0 Å². The lowest BCUT2D eigenvalue weighted by atomic mass is 10.0. The Morgan fingerprint density at radius 2 is 2.00 bits per heavy atom. The van der Waals surface area contributed by atoms with Gasteiger partial charge in [-0.15, -0.1) is 0 Å². The second kappa shape index (κ2) is 6.74. The van der Waals surface area contributed by atoms with Crippen LogP contribution in [-0.2, 0) is 7.05 Å². The molecule has 0 unspecified atom stereocenters. The third kappa shape index (κ3) is 3.00. The number of aryl methyl sites for hydroxylation is 2. The Balaban J connectivity index is 1.51. The Morgan fingerprint density at radius 3 is 2.65 bits per heavy atom. The number of rotatable bonds is 3. The molecule has 0 atom stereocenters. The Kier molecular flexibility index (Phi) is 4.28. The number of hydrogen-bond acceptors (Lipinski definition) is 4. The molecule has 134 valence electrons. The summed E-state index contributed by atoms with van der Waals surface area (Å²) < 4.78 is 4.09. The van der Waals surface area contributed by atoms with Gasteiger partial charge in [0.05, 0.1) is 6.33 Å². The zero-order valence-corrected chi connectivity index (χ0v) is 15.0. The normalized spacial score (nSPS) is 15.4.